The molecule has 2 unspecified atom stereocenters. The molecule has 2 aliphatic heterocycles. The number of benzene rings is 1. The number of hydrogen-bond acceptors (Lipinski definition) is 2. The van der Waals surface area contributed by atoms with Gasteiger partial charge in [-0.1, -0.05) is 31.5 Å². The van der Waals surface area contributed by atoms with E-state index < -0.39 is 0 Å². The Morgan fingerprint density at radius 3 is 3.06 bits per heavy atom. The van der Waals surface area contributed by atoms with Crippen LogP contribution in [0.1, 0.15) is 31.7 Å². The van der Waals surface area contributed by atoms with Gasteiger partial charge in [0.15, 0.2) is 0 Å². The molecule has 0 radical (unpaired) electrons. The standard InChI is InChI=1S/C16H24N2/c1-13-10-14-6-2-3-8-16(14)18(12-13)15-7-4-5-9-17-11-15/h2-3,6,8,13,15,17H,4-5,7,9-12H2,1H3. The molecule has 2 aliphatic rings. The SMILES string of the molecule is CC1Cc2ccccc2N(C2CCCCNC2)C1. The van der Waals surface area contributed by atoms with E-state index in [0.717, 1.165) is 12.5 Å². The minimum atomic E-state index is 0.691. The lowest BCUT2D eigenvalue weighted by atomic mass is 9.92. The highest BCUT2D eigenvalue weighted by atomic mass is 15.2. The fraction of sp³-hybridized carbons (Fsp3) is 0.625. The molecule has 0 aromatic heterocycles. The van der Waals surface area contributed by atoms with Gasteiger partial charge in [0.25, 0.3) is 0 Å². The first-order valence-corrected chi connectivity index (χ1v) is 7.40. The predicted molar refractivity (Wildman–Crippen MR) is 77.2 cm³/mol. The molecular formula is C16H24N2. The monoisotopic (exact) mass is 244 g/mol. The second-order valence-corrected chi connectivity index (χ2v) is 5.94. The molecule has 2 atom stereocenters. The van der Waals surface area contributed by atoms with Gasteiger partial charge in [0.05, 0.1) is 0 Å². The van der Waals surface area contributed by atoms with Crippen molar-refractivity contribution in [1.29, 1.82) is 0 Å². The number of anilines is 1. The highest BCUT2D eigenvalue weighted by molar-refractivity contribution is 5.56. The molecule has 0 aliphatic carbocycles. The van der Waals surface area contributed by atoms with Crippen LogP contribution in [0.25, 0.3) is 0 Å². The fourth-order valence-corrected chi connectivity index (χ4v) is 3.45. The summed E-state index contributed by atoms with van der Waals surface area (Å²) in [5.41, 5.74) is 3.03. The summed E-state index contributed by atoms with van der Waals surface area (Å²) in [7, 11) is 0. The lowest BCUT2D eigenvalue weighted by Gasteiger charge is -2.40. The zero-order chi connectivity index (χ0) is 12.4. The highest BCUT2D eigenvalue weighted by Crippen LogP contribution is 2.32. The second-order valence-electron chi connectivity index (χ2n) is 5.94. The van der Waals surface area contributed by atoms with E-state index in [0.29, 0.717) is 6.04 Å². The molecule has 1 saturated heterocycles. The van der Waals surface area contributed by atoms with E-state index in [-0.39, 0.29) is 0 Å². The van der Waals surface area contributed by atoms with Crippen molar-refractivity contribution >= 4 is 5.69 Å². The van der Waals surface area contributed by atoms with Crippen LogP contribution in [0.5, 0.6) is 0 Å². The van der Waals surface area contributed by atoms with Gasteiger partial charge >= 0.3 is 0 Å². The maximum Gasteiger partial charge on any atom is 0.0414 e. The van der Waals surface area contributed by atoms with Gasteiger partial charge in [-0.3, -0.25) is 0 Å². The van der Waals surface area contributed by atoms with E-state index in [1.807, 2.05) is 0 Å². The number of nitrogens with zero attached hydrogens (tertiary/aromatic N) is 1. The topological polar surface area (TPSA) is 15.3 Å². The maximum absolute atomic E-state index is 3.60. The Hall–Kier alpha value is -1.02. The number of nitrogens with one attached hydrogen (secondary N) is 1. The van der Waals surface area contributed by atoms with Crippen LogP contribution in [-0.4, -0.2) is 25.7 Å². The predicted octanol–water partition coefficient (Wildman–Crippen LogP) is 2.83. The molecule has 18 heavy (non-hydrogen) atoms. The summed E-state index contributed by atoms with van der Waals surface area (Å²) in [4.78, 5) is 2.67. The lowest BCUT2D eigenvalue weighted by molar-refractivity contribution is 0.460. The number of para-hydroxylation sites is 1. The van der Waals surface area contributed by atoms with Crippen LogP contribution in [0.4, 0.5) is 5.69 Å². The highest BCUT2D eigenvalue weighted by Gasteiger charge is 2.27. The van der Waals surface area contributed by atoms with E-state index >= 15 is 0 Å². The van der Waals surface area contributed by atoms with Crippen LogP contribution in [0.2, 0.25) is 0 Å². The summed E-state index contributed by atoms with van der Waals surface area (Å²) in [6, 6.07) is 9.68. The summed E-state index contributed by atoms with van der Waals surface area (Å²) in [6.45, 7) is 5.96. The van der Waals surface area contributed by atoms with Gasteiger partial charge in [0.1, 0.15) is 0 Å². The first kappa shape index (κ1) is 12.0. The van der Waals surface area contributed by atoms with E-state index in [1.54, 1.807) is 5.56 Å². The van der Waals surface area contributed by atoms with Gasteiger partial charge < -0.3 is 10.2 Å². The van der Waals surface area contributed by atoms with Crippen molar-refractivity contribution in [1.82, 2.24) is 5.32 Å². The van der Waals surface area contributed by atoms with Crippen molar-refractivity contribution in [3.8, 4) is 0 Å². The molecule has 3 rings (SSSR count). The van der Waals surface area contributed by atoms with Crippen molar-refractivity contribution < 1.29 is 0 Å². The van der Waals surface area contributed by atoms with Gasteiger partial charge in [0, 0.05) is 24.8 Å². The Labute approximate surface area is 110 Å². The average Bonchev–Trinajstić information content (AvgIpc) is 2.66. The van der Waals surface area contributed by atoms with Gasteiger partial charge in [-0.05, 0) is 43.4 Å². The van der Waals surface area contributed by atoms with Gasteiger partial charge in [-0.15, -0.1) is 0 Å². The molecule has 1 N–H and O–H groups in total. The third-order valence-electron chi connectivity index (χ3n) is 4.34. The second kappa shape index (κ2) is 5.31. The molecule has 1 fully saturated rings. The first-order chi connectivity index (χ1) is 8.84. The lowest BCUT2D eigenvalue weighted by Crippen LogP contribution is -2.46. The van der Waals surface area contributed by atoms with Crippen molar-refractivity contribution in [2.24, 2.45) is 5.92 Å². The Morgan fingerprint density at radius 2 is 2.11 bits per heavy atom. The largest absolute Gasteiger partial charge is 0.367 e. The Morgan fingerprint density at radius 1 is 1.22 bits per heavy atom. The zero-order valence-electron chi connectivity index (χ0n) is 11.4. The average molecular weight is 244 g/mol. The summed E-state index contributed by atoms with van der Waals surface area (Å²) in [5.74, 6) is 0.781. The van der Waals surface area contributed by atoms with Crippen LogP contribution in [0, 0.1) is 5.92 Å². The minimum absolute atomic E-state index is 0.691. The maximum atomic E-state index is 3.60. The quantitative estimate of drug-likeness (QED) is 0.817. The molecule has 0 saturated carbocycles. The Bertz CT molecular complexity index is 394. The normalized spacial score (nSPS) is 28.6. The molecule has 0 bridgehead atoms. The molecule has 0 amide bonds. The van der Waals surface area contributed by atoms with Crippen molar-refractivity contribution in [3.05, 3.63) is 29.8 Å². The number of fused-ring (bicyclic) bond motifs is 1. The number of hydrogen-bond donors (Lipinski definition) is 1. The Kier molecular flexibility index (Phi) is 3.55. The van der Waals surface area contributed by atoms with Crippen LogP contribution < -0.4 is 10.2 Å². The number of rotatable bonds is 1. The summed E-state index contributed by atoms with van der Waals surface area (Å²) in [6.07, 6.45) is 5.28. The van der Waals surface area contributed by atoms with Crippen LogP contribution in [0.3, 0.4) is 0 Å². The van der Waals surface area contributed by atoms with Crippen molar-refractivity contribution in [2.45, 2.75) is 38.6 Å². The van der Waals surface area contributed by atoms with E-state index in [1.165, 1.54) is 44.5 Å². The van der Waals surface area contributed by atoms with Gasteiger partial charge in [-0.25, -0.2) is 0 Å². The summed E-state index contributed by atoms with van der Waals surface area (Å²) in [5, 5.41) is 3.60. The molecule has 2 nitrogen and oxygen atoms in total. The van der Waals surface area contributed by atoms with E-state index in [2.05, 4.69) is 41.4 Å². The summed E-state index contributed by atoms with van der Waals surface area (Å²) >= 11 is 0. The van der Waals surface area contributed by atoms with Crippen LogP contribution in [-0.2, 0) is 6.42 Å². The molecule has 2 heteroatoms. The van der Waals surface area contributed by atoms with Gasteiger partial charge in [-0.2, -0.15) is 0 Å². The molecule has 1 aromatic rings. The third kappa shape index (κ3) is 2.39. The molecule has 0 spiro atoms. The molecule has 1 aromatic carbocycles. The third-order valence-corrected chi connectivity index (χ3v) is 4.34. The molecule has 2 heterocycles. The van der Waals surface area contributed by atoms with Gasteiger partial charge in [0.2, 0.25) is 0 Å². The molecular weight excluding hydrogens is 220 g/mol. The first-order valence-electron chi connectivity index (χ1n) is 7.40. The summed E-state index contributed by atoms with van der Waals surface area (Å²) < 4.78 is 0. The van der Waals surface area contributed by atoms with Crippen molar-refractivity contribution in [3.63, 3.8) is 0 Å². The zero-order valence-corrected chi connectivity index (χ0v) is 11.4. The van der Waals surface area contributed by atoms with E-state index in [4.69, 9.17) is 0 Å². The smallest absolute Gasteiger partial charge is 0.0414 e. The van der Waals surface area contributed by atoms with Crippen LogP contribution >= 0.6 is 0 Å². The molecule has 98 valence electrons. The van der Waals surface area contributed by atoms with Crippen molar-refractivity contribution in [2.75, 3.05) is 24.5 Å². The fourth-order valence-electron chi connectivity index (χ4n) is 3.45. The minimum Gasteiger partial charge on any atom is -0.367 e. The van der Waals surface area contributed by atoms with E-state index in [9.17, 15) is 0 Å². The van der Waals surface area contributed by atoms with Crippen LogP contribution in [0.15, 0.2) is 24.3 Å². The Balaban J connectivity index is 1.86.